The summed E-state index contributed by atoms with van der Waals surface area (Å²) >= 11 is 0. The summed E-state index contributed by atoms with van der Waals surface area (Å²) in [6.45, 7) is 5.11. The molecule has 2 heterocycles. The number of rotatable bonds is 7. The molecule has 174 valence electrons. The summed E-state index contributed by atoms with van der Waals surface area (Å²) in [6, 6.07) is 16.6. The van der Waals surface area contributed by atoms with E-state index in [9.17, 15) is 9.18 Å². The minimum atomic E-state index is -0.821. The molecule has 1 unspecified atom stereocenters. The second-order valence-electron chi connectivity index (χ2n) is 8.62. The second-order valence-corrected chi connectivity index (χ2v) is 8.62. The molecule has 2 N–H and O–H groups in total. The molecule has 34 heavy (non-hydrogen) atoms. The van der Waals surface area contributed by atoms with E-state index in [2.05, 4.69) is 18.3 Å². The third kappa shape index (κ3) is 3.98. The van der Waals surface area contributed by atoms with Crippen molar-refractivity contribution in [3.8, 4) is 11.4 Å². The molecule has 6 nitrogen and oxygen atoms in total. The van der Waals surface area contributed by atoms with Crippen molar-refractivity contribution in [2.24, 2.45) is 0 Å². The first-order chi connectivity index (χ1) is 16.4. The number of nitrogens with zero attached hydrogens (tertiary/aromatic N) is 2. The maximum atomic E-state index is 14.0. The van der Waals surface area contributed by atoms with Gasteiger partial charge in [0.25, 0.3) is 0 Å². The summed E-state index contributed by atoms with van der Waals surface area (Å²) in [5.41, 5.74) is 6.58. The highest BCUT2D eigenvalue weighted by Gasteiger charge is 2.26. The number of aryl methyl sites for hydroxylation is 1. The lowest BCUT2D eigenvalue weighted by Gasteiger charge is -2.16. The number of aromatic nitrogens is 2. The van der Waals surface area contributed by atoms with Crippen LogP contribution in [0.3, 0.4) is 0 Å². The van der Waals surface area contributed by atoms with E-state index in [4.69, 9.17) is 14.8 Å². The number of ether oxygens (including phenoxy) is 1. The van der Waals surface area contributed by atoms with Crippen LogP contribution in [-0.4, -0.2) is 27.2 Å². The number of anilines is 1. The van der Waals surface area contributed by atoms with Gasteiger partial charge in [0, 0.05) is 42.3 Å². The van der Waals surface area contributed by atoms with Gasteiger partial charge in [0.05, 0.1) is 29.7 Å². The van der Waals surface area contributed by atoms with E-state index in [0.29, 0.717) is 13.2 Å². The molecular formula is C27H26FN3O3. The van der Waals surface area contributed by atoms with Crippen LogP contribution < -0.4 is 10.1 Å². The molecule has 7 heteroatoms. The van der Waals surface area contributed by atoms with Crippen molar-refractivity contribution in [3.63, 3.8) is 0 Å². The summed E-state index contributed by atoms with van der Waals surface area (Å²) in [4.78, 5) is 15.8. The Balaban J connectivity index is 1.41. The Kier molecular flexibility index (Phi) is 5.69. The van der Waals surface area contributed by atoms with Gasteiger partial charge in [-0.05, 0) is 42.3 Å². The molecule has 0 amide bonds. The number of carboxylic acid groups (broad SMARTS) is 1. The lowest BCUT2D eigenvalue weighted by atomic mass is 9.98. The van der Waals surface area contributed by atoms with Gasteiger partial charge in [-0.3, -0.25) is 9.36 Å². The van der Waals surface area contributed by atoms with Crippen molar-refractivity contribution >= 4 is 22.7 Å². The van der Waals surface area contributed by atoms with Crippen LogP contribution in [0.2, 0.25) is 0 Å². The summed E-state index contributed by atoms with van der Waals surface area (Å²) in [5.74, 6) is 0.416. The molecule has 0 spiro atoms. The van der Waals surface area contributed by atoms with Crippen molar-refractivity contribution in [1.29, 1.82) is 0 Å². The fraction of sp³-hybridized carbons (Fsp3) is 0.259. The average molecular weight is 460 g/mol. The number of carboxylic acids is 1. The molecule has 1 aromatic heterocycles. The lowest BCUT2D eigenvalue weighted by molar-refractivity contribution is -0.137. The summed E-state index contributed by atoms with van der Waals surface area (Å²) in [6.07, 6.45) is 0.800. The molecule has 0 bridgehead atoms. The van der Waals surface area contributed by atoms with Crippen LogP contribution in [-0.2, 0) is 17.8 Å². The van der Waals surface area contributed by atoms with Crippen LogP contribution in [0.15, 0.2) is 54.6 Å². The number of imidazole rings is 1. The van der Waals surface area contributed by atoms with Gasteiger partial charge in [0.15, 0.2) is 0 Å². The first kappa shape index (κ1) is 21.9. The van der Waals surface area contributed by atoms with Gasteiger partial charge < -0.3 is 15.2 Å². The molecule has 0 aliphatic carbocycles. The zero-order valence-electron chi connectivity index (χ0n) is 19.1. The van der Waals surface area contributed by atoms with E-state index in [-0.39, 0.29) is 18.2 Å². The van der Waals surface area contributed by atoms with Crippen LogP contribution in [0.4, 0.5) is 10.1 Å². The van der Waals surface area contributed by atoms with Gasteiger partial charge in [0.2, 0.25) is 0 Å². The molecule has 1 atom stereocenters. The van der Waals surface area contributed by atoms with E-state index in [1.807, 2.05) is 41.8 Å². The number of carbonyl (C=O) groups is 1. The van der Waals surface area contributed by atoms with Crippen LogP contribution in [0.25, 0.3) is 16.7 Å². The highest BCUT2D eigenvalue weighted by atomic mass is 19.1. The highest BCUT2D eigenvalue weighted by molar-refractivity contribution is 5.79. The molecule has 5 rings (SSSR count). The molecular weight excluding hydrogens is 433 g/mol. The quantitative estimate of drug-likeness (QED) is 0.376. The molecule has 0 fully saturated rings. The van der Waals surface area contributed by atoms with Crippen molar-refractivity contribution in [1.82, 2.24) is 9.55 Å². The van der Waals surface area contributed by atoms with Crippen LogP contribution in [0.1, 0.15) is 41.8 Å². The van der Waals surface area contributed by atoms with Crippen molar-refractivity contribution < 1.29 is 19.0 Å². The standard InChI is InChI=1S/C27H26FN3O3/c1-3-26-30-22-10-7-19(28)12-24(22)31(26)23-6-4-5-17(16(23)2)14-29-20-8-9-21-18(11-27(32)33)15-34-25(21)13-20/h4-10,12-13,18,29H,3,11,14-15H2,1-2H3,(H,32,33). The van der Waals surface area contributed by atoms with Gasteiger partial charge >= 0.3 is 5.97 Å². The number of nitrogens with one attached hydrogen (secondary N) is 1. The molecule has 0 saturated heterocycles. The summed E-state index contributed by atoms with van der Waals surface area (Å²) in [5, 5.41) is 12.5. The molecule has 1 aliphatic heterocycles. The minimum absolute atomic E-state index is 0.0678. The Bertz CT molecular complexity index is 1400. The second kappa shape index (κ2) is 8.82. The van der Waals surface area contributed by atoms with E-state index >= 15 is 0 Å². The molecule has 3 aromatic carbocycles. The highest BCUT2D eigenvalue weighted by Crippen LogP contribution is 2.38. The average Bonchev–Trinajstić information content (AvgIpc) is 3.38. The summed E-state index contributed by atoms with van der Waals surface area (Å²) in [7, 11) is 0. The fourth-order valence-electron chi connectivity index (χ4n) is 4.67. The third-order valence-electron chi connectivity index (χ3n) is 6.46. The van der Waals surface area contributed by atoms with Gasteiger partial charge in [0.1, 0.15) is 17.4 Å². The molecule has 0 saturated carbocycles. The minimum Gasteiger partial charge on any atom is -0.493 e. The third-order valence-corrected chi connectivity index (χ3v) is 6.46. The van der Waals surface area contributed by atoms with Crippen molar-refractivity contribution in [2.45, 2.75) is 39.2 Å². The zero-order valence-corrected chi connectivity index (χ0v) is 19.1. The van der Waals surface area contributed by atoms with E-state index in [1.54, 1.807) is 6.07 Å². The lowest BCUT2D eigenvalue weighted by Crippen LogP contribution is -2.07. The van der Waals surface area contributed by atoms with Crippen LogP contribution >= 0.6 is 0 Å². The van der Waals surface area contributed by atoms with Gasteiger partial charge in [-0.15, -0.1) is 0 Å². The van der Waals surface area contributed by atoms with E-state index < -0.39 is 5.97 Å². The Labute approximate surface area is 197 Å². The molecule has 4 aromatic rings. The Hall–Kier alpha value is -3.87. The Morgan fingerprint density at radius 1 is 1.24 bits per heavy atom. The van der Waals surface area contributed by atoms with Gasteiger partial charge in [-0.1, -0.05) is 25.1 Å². The maximum absolute atomic E-state index is 14.0. The number of fused-ring (bicyclic) bond motifs is 2. The Morgan fingerprint density at radius 2 is 2.09 bits per heavy atom. The van der Waals surface area contributed by atoms with Crippen LogP contribution in [0.5, 0.6) is 5.75 Å². The monoisotopic (exact) mass is 459 g/mol. The zero-order chi connectivity index (χ0) is 23.8. The number of aliphatic carboxylic acids is 1. The topological polar surface area (TPSA) is 76.4 Å². The SMILES string of the molecule is CCc1nc2ccc(F)cc2n1-c1cccc(CNc2ccc3c(c2)OCC3CC(=O)O)c1C. The number of hydrogen-bond donors (Lipinski definition) is 2. The van der Waals surface area contributed by atoms with Gasteiger partial charge in [-0.25, -0.2) is 9.37 Å². The van der Waals surface area contributed by atoms with E-state index in [0.717, 1.165) is 57.1 Å². The summed E-state index contributed by atoms with van der Waals surface area (Å²) < 4.78 is 21.8. The van der Waals surface area contributed by atoms with Crippen LogP contribution in [0, 0.1) is 12.7 Å². The van der Waals surface area contributed by atoms with E-state index in [1.165, 1.54) is 12.1 Å². The normalized spacial score (nSPS) is 14.7. The molecule has 0 radical (unpaired) electrons. The van der Waals surface area contributed by atoms with Crippen molar-refractivity contribution in [2.75, 3.05) is 11.9 Å². The fourth-order valence-corrected chi connectivity index (χ4v) is 4.67. The maximum Gasteiger partial charge on any atom is 0.304 e. The molecule has 1 aliphatic rings. The van der Waals surface area contributed by atoms with Crippen molar-refractivity contribution in [3.05, 3.63) is 82.9 Å². The number of benzene rings is 3. The predicted octanol–water partition coefficient (Wildman–Crippen LogP) is 5.60. The van der Waals surface area contributed by atoms with Gasteiger partial charge in [-0.2, -0.15) is 0 Å². The largest absolute Gasteiger partial charge is 0.493 e. The Morgan fingerprint density at radius 3 is 2.88 bits per heavy atom. The predicted molar refractivity (Wildman–Crippen MR) is 129 cm³/mol. The number of halogens is 1. The first-order valence-corrected chi connectivity index (χ1v) is 11.4. The smallest absolute Gasteiger partial charge is 0.304 e. The number of hydrogen-bond acceptors (Lipinski definition) is 4. The first-order valence-electron chi connectivity index (χ1n) is 11.4.